The Kier molecular flexibility index (Phi) is 3.21. The fourth-order valence-electron chi connectivity index (χ4n) is 3.84. The predicted octanol–water partition coefficient (Wildman–Crippen LogP) is 2.31. The van der Waals surface area contributed by atoms with Crippen molar-refractivity contribution in [3.8, 4) is 0 Å². The predicted molar refractivity (Wildman–Crippen MR) is 97.3 cm³/mol. The van der Waals surface area contributed by atoms with Crippen LogP contribution in [0.1, 0.15) is 40.5 Å². The van der Waals surface area contributed by atoms with Crippen molar-refractivity contribution >= 4 is 22.5 Å². The topological polar surface area (TPSA) is 95.0 Å². The minimum atomic E-state index is -0.356. The second-order valence-electron chi connectivity index (χ2n) is 6.66. The lowest BCUT2D eigenvalue weighted by atomic mass is 9.91. The summed E-state index contributed by atoms with van der Waals surface area (Å²) >= 11 is 0. The van der Waals surface area contributed by atoms with Crippen molar-refractivity contribution in [2.45, 2.75) is 25.3 Å². The van der Waals surface area contributed by atoms with Crippen molar-refractivity contribution < 1.29 is 4.79 Å². The molecule has 0 aliphatic heterocycles. The number of nitrogens with zero attached hydrogens (tertiary/aromatic N) is 2. The molecule has 0 bridgehead atoms. The van der Waals surface area contributed by atoms with Gasteiger partial charge in [0.2, 0.25) is 0 Å². The summed E-state index contributed by atoms with van der Waals surface area (Å²) in [7, 11) is 0. The largest absolute Gasteiger partial charge is 0.356 e. The number of amides is 1. The van der Waals surface area contributed by atoms with Gasteiger partial charge in [0.15, 0.2) is 5.65 Å². The van der Waals surface area contributed by atoms with E-state index in [0.29, 0.717) is 11.2 Å². The van der Waals surface area contributed by atoms with Crippen LogP contribution < -0.4 is 11.0 Å². The van der Waals surface area contributed by atoms with Gasteiger partial charge in [-0.2, -0.15) is 5.10 Å². The van der Waals surface area contributed by atoms with Gasteiger partial charge in [-0.05, 0) is 43.0 Å². The van der Waals surface area contributed by atoms with Gasteiger partial charge in [0.05, 0.1) is 11.6 Å². The summed E-state index contributed by atoms with van der Waals surface area (Å²) in [5.41, 5.74) is 4.05. The Hall–Kier alpha value is -3.35. The second kappa shape index (κ2) is 5.59. The van der Waals surface area contributed by atoms with Crippen molar-refractivity contribution in [2.24, 2.45) is 0 Å². The molecule has 3 N–H and O–H groups in total. The molecule has 5 rings (SSSR count). The molecule has 1 atom stereocenters. The summed E-state index contributed by atoms with van der Waals surface area (Å²) in [5.74, 6) is -0.198. The molecule has 1 aliphatic rings. The SMILES string of the molecule is O=C(N[C@H]1CCCc2c1[nH]c1ccccc21)c1ccc2n[nH]c(=O)n2c1. The zero-order valence-electron chi connectivity index (χ0n) is 14.0. The number of benzene rings is 1. The minimum Gasteiger partial charge on any atom is -0.356 e. The number of H-pyrrole nitrogens is 2. The second-order valence-corrected chi connectivity index (χ2v) is 6.66. The quantitative estimate of drug-likeness (QED) is 0.519. The number of fused-ring (bicyclic) bond motifs is 4. The summed E-state index contributed by atoms with van der Waals surface area (Å²) in [6.07, 6.45) is 4.45. The highest BCUT2D eigenvalue weighted by molar-refractivity contribution is 5.94. The van der Waals surface area contributed by atoms with E-state index >= 15 is 0 Å². The molecule has 0 spiro atoms. The number of hydrogen-bond acceptors (Lipinski definition) is 3. The van der Waals surface area contributed by atoms with Crippen LogP contribution in [0.25, 0.3) is 16.6 Å². The number of carbonyl (C=O) groups excluding carboxylic acids is 1. The molecule has 26 heavy (non-hydrogen) atoms. The number of nitrogens with one attached hydrogen (secondary N) is 3. The smallest absolute Gasteiger partial charge is 0.347 e. The Morgan fingerprint density at radius 2 is 2.12 bits per heavy atom. The Morgan fingerprint density at radius 1 is 1.23 bits per heavy atom. The first-order valence-electron chi connectivity index (χ1n) is 8.68. The molecule has 0 unspecified atom stereocenters. The monoisotopic (exact) mass is 347 g/mol. The Morgan fingerprint density at radius 3 is 3.04 bits per heavy atom. The molecular formula is C19H17N5O2. The van der Waals surface area contributed by atoms with Crippen molar-refractivity contribution in [3.05, 3.63) is 69.9 Å². The first kappa shape index (κ1) is 14.9. The van der Waals surface area contributed by atoms with Gasteiger partial charge in [-0.25, -0.2) is 14.3 Å². The molecule has 3 heterocycles. The number of carbonyl (C=O) groups is 1. The molecule has 1 amide bonds. The zero-order valence-corrected chi connectivity index (χ0v) is 14.0. The number of para-hydroxylation sites is 1. The maximum absolute atomic E-state index is 12.7. The summed E-state index contributed by atoms with van der Waals surface area (Å²) in [4.78, 5) is 27.9. The molecule has 0 saturated heterocycles. The van der Waals surface area contributed by atoms with Crippen molar-refractivity contribution in [1.82, 2.24) is 24.9 Å². The van der Waals surface area contributed by atoms with Gasteiger partial charge in [-0.1, -0.05) is 18.2 Å². The minimum absolute atomic E-state index is 0.0598. The van der Waals surface area contributed by atoms with Crippen LogP contribution in [0.5, 0.6) is 0 Å². The summed E-state index contributed by atoms with van der Waals surface area (Å²) < 4.78 is 1.34. The molecular weight excluding hydrogens is 330 g/mol. The van der Waals surface area contributed by atoms with Crippen LogP contribution in [0.4, 0.5) is 0 Å². The maximum Gasteiger partial charge on any atom is 0.347 e. The first-order chi connectivity index (χ1) is 12.7. The van der Waals surface area contributed by atoms with E-state index in [0.717, 1.165) is 30.5 Å². The number of rotatable bonds is 2. The highest BCUT2D eigenvalue weighted by Crippen LogP contribution is 2.34. The standard InChI is InChI=1S/C19H17N5O2/c25-18(11-8-9-16-22-23-19(26)24(16)10-11)21-15-7-3-5-13-12-4-1-2-6-14(12)20-17(13)15/h1-2,4,6,8-10,15,20H,3,5,7H2,(H,21,25)(H,23,26)/t15-/m0/s1. The summed E-state index contributed by atoms with van der Waals surface area (Å²) in [6.45, 7) is 0. The van der Waals surface area contributed by atoms with Crippen LogP contribution >= 0.6 is 0 Å². The molecule has 7 nitrogen and oxygen atoms in total. The van der Waals surface area contributed by atoms with Crippen LogP contribution in [0, 0.1) is 0 Å². The van der Waals surface area contributed by atoms with Crippen LogP contribution in [0.2, 0.25) is 0 Å². The van der Waals surface area contributed by atoms with Crippen molar-refractivity contribution in [1.29, 1.82) is 0 Å². The first-order valence-corrected chi connectivity index (χ1v) is 8.68. The lowest BCUT2D eigenvalue weighted by molar-refractivity contribution is 0.0931. The third-order valence-electron chi connectivity index (χ3n) is 5.09. The average Bonchev–Trinajstić information content (AvgIpc) is 3.23. The van der Waals surface area contributed by atoms with E-state index in [4.69, 9.17) is 0 Å². The number of aromatic nitrogens is 4. The van der Waals surface area contributed by atoms with E-state index in [1.54, 1.807) is 12.1 Å². The average molecular weight is 347 g/mol. The van der Waals surface area contributed by atoms with Gasteiger partial charge in [-0.3, -0.25) is 4.79 Å². The fourth-order valence-corrected chi connectivity index (χ4v) is 3.84. The molecule has 0 radical (unpaired) electrons. The molecule has 4 aromatic rings. The Labute approximate surface area is 148 Å². The summed E-state index contributed by atoms with van der Waals surface area (Å²) in [6, 6.07) is 11.5. The van der Waals surface area contributed by atoms with E-state index in [1.807, 2.05) is 12.1 Å². The Bertz CT molecular complexity index is 1200. The highest BCUT2D eigenvalue weighted by Gasteiger charge is 2.25. The third kappa shape index (κ3) is 2.24. The lowest BCUT2D eigenvalue weighted by Gasteiger charge is -2.23. The Balaban J connectivity index is 1.48. The zero-order chi connectivity index (χ0) is 17.7. The molecule has 1 aromatic carbocycles. The van der Waals surface area contributed by atoms with E-state index in [9.17, 15) is 9.59 Å². The highest BCUT2D eigenvalue weighted by atomic mass is 16.2. The number of pyridine rings is 1. The van der Waals surface area contributed by atoms with Gasteiger partial charge in [0, 0.05) is 22.8 Å². The van der Waals surface area contributed by atoms with Gasteiger partial charge in [0.1, 0.15) is 0 Å². The van der Waals surface area contributed by atoms with Gasteiger partial charge < -0.3 is 10.3 Å². The molecule has 7 heteroatoms. The normalized spacial score (nSPS) is 16.7. The summed E-state index contributed by atoms with van der Waals surface area (Å²) in [5, 5.41) is 10.6. The number of aryl methyl sites for hydroxylation is 1. The van der Waals surface area contributed by atoms with E-state index in [1.165, 1.54) is 21.5 Å². The van der Waals surface area contributed by atoms with Gasteiger partial charge >= 0.3 is 5.69 Å². The van der Waals surface area contributed by atoms with Gasteiger partial charge in [-0.15, -0.1) is 0 Å². The van der Waals surface area contributed by atoms with Crippen molar-refractivity contribution in [3.63, 3.8) is 0 Å². The van der Waals surface area contributed by atoms with Crippen molar-refractivity contribution in [2.75, 3.05) is 0 Å². The van der Waals surface area contributed by atoms with Crippen LogP contribution in [0.15, 0.2) is 47.4 Å². The molecule has 1 aliphatic carbocycles. The number of aromatic amines is 2. The lowest BCUT2D eigenvalue weighted by Crippen LogP contribution is -2.31. The van der Waals surface area contributed by atoms with E-state index in [2.05, 4.69) is 32.6 Å². The third-order valence-corrected chi connectivity index (χ3v) is 5.09. The van der Waals surface area contributed by atoms with E-state index < -0.39 is 0 Å². The van der Waals surface area contributed by atoms with E-state index in [-0.39, 0.29) is 17.6 Å². The molecule has 0 saturated carbocycles. The van der Waals surface area contributed by atoms with Crippen LogP contribution in [-0.4, -0.2) is 25.5 Å². The van der Waals surface area contributed by atoms with Crippen LogP contribution in [-0.2, 0) is 6.42 Å². The molecule has 0 fully saturated rings. The van der Waals surface area contributed by atoms with Crippen LogP contribution in [0.3, 0.4) is 0 Å². The molecule has 3 aromatic heterocycles. The molecule has 130 valence electrons. The fraction of sp³-hybridized carbons (Fsp3) is 0.211. The maximum atomic E-state index is 12.7. The number of hydrogen-bond donors (Lipinski definition) is 3. The van der Waals surface area contributed by atoms with Gasteiger partial charge in [0.25, 0.3) is 5.91 Å².